The van der Waals surface area contributed by atoms with Crippen molar-refractivity contribution >= 4 is 5.91 Å². The normalized spacial score (nSPS) is 33.6. The summed E-state index contributed by atoms with van der Waals surface area (Å²) >= 11 is 0. The highest BCUT2D eigenvalue weighted by Gasteiger charge is 2.40. The van der Waals surface area contributed by atoms with Gasteiger partial charge in [0.05, 0.1) is 5.41 Å². The lowest BCUT2D eigenvalue weighted by Crippen LogP contribution is -2.50. The van der Waals surface area contributed by atoms with Crippen LogP contribution in [0.4, 0.5) is 0 Å². The van der Waals surface area contributed by atoms with Crippen LogP contribution in [0.25, 0.3) is 0 Å². The highest BCUT2D eigenvalue weighted by atomic mass is 16.5. The van der Waals surface area contributed by atoms with Gasteiger partial charge in [0.1, 0.15) is 0 Å². The third kappa shape index (κ3) is 3.53. The maximum Gasteiger partial charge on any atom is 0.227 e. The molecule has 1 saturated carbocycles. The van der Waals surface area contributed by atoms with E-state index in [0.29, 0.717) is 6.54 Å². The average molecular weight is 282 g/mol. The standard InChI is InChI=1S/C16H30N2O2/c1-13-3-5-16(11-17,6-4-13)14(19)18-12-15(2)7-9-20-10-8-15/h13H,3-12,17H2,1-2H3,(H,18,19). The fourth-order valence-corrected chi connectivity index (χ4v) is 3.36. The Kier molecular flexibility index (Phi) is 5.08. The van der Waals surface area contributed by atoms with Crippen LogP contribution in [-0.2, 0) is 9.53 Å². The number of hydrogen-bond acceptors (Lipinski definition) is 3. The fraction of sp³-hybridized carbons (Fsp3) is 0.938. The minimum Gasteiger partial charge on any atom is -0.381 e. The van der Waals surface area contributed by atoms with Gasteiger partial charge in [-0.3, -0.25) is 4.79 Å². The van der Waals surface area contributed by atoms with Crippen LogP contribution in [0.15, 0.2) is 0 Å². The smallest absolute Gasteiger partial charge is 0.227 e. The van der Waals surface area contributed by atoms with E-state index in [1.165, 1.54) is 0 Å². The second kappa shape index (κ2) is 6.44. The molecule has 0 aromatic heterocycles. The molecular formula is C16H30N2O2. The van der Waals surface area contributed by atoms with E-state index < -0.39 is 0 Å². The van der Waals surface area contributed by atoms with Crippen molar-refractivity contribution in [2.75, 3.05) is 26.3 Å². The Hall–Kier alpha value is -0.610. The highest BCUT2D eigenvalue weighted by Crippen LogP contribution is 2.38. The van der Waals surface area contributed by atoms with Crippen molar-refractivity contribution in [2.45, 2.75) is 52.4 Å². The van der Waals surface area contributed by atoms with Crippen molar-refractivity contribution in [2.24, 2.45) is 22.5 Å². The van der Waals surface area contributed by atoms with E-state index in [9.17, 15) is 4.79 Å². The monoisotopic (exact) mass is 282 g/mol. The quantitative estimate of drug-likeness (QED) is 0.829. The van der Waals surface area contributed by atoms with Crippen LogP contribution >= 0.6 is 0 Å². The Bertz CT molecular complexity index is 329. The Morgan fingerprint density at radius 3 is 2.40 bits per heavy atom. The molecule has 0 radical (unpaired) electrons. The zero-order chi connectivity index (χ0) is 14.6. The molecule has 4 heteroatoms. The van der Waals surface area contributed by atoms with Crippen molar-refractivity contribution in [1.29, 1.82) is 0 Å². The van der Waals surface area contributed by atoms with Gasteiger partial charge >= 0.3 is 0 Å². The van der Waals surface area contributed by atoms with Crippen LogP contribution in [0, 0.1) is 16.7 Å². The number of carbonyl (C=O) groups is 1. The predicted octanol–water partition coefficient (Wildman–Crippen LogP) is 2.07. The molecule has 0 atom stereocenters. The number of nitrogens with two attached hydrogens (primary N) is 1. The number of rotatable bonds is 4. The van der Waals surface area contributed by atoms with Gasteiger partial charge in [0.2, 0.25) is 5.91 Å². The topological polar surface area (TPSA) is 64.4 Å². The summed E-state index contributed by atoms with van der Waals surface area (Å²) in [4.78, 5) is 12.6. The molecule has 4 nitrogen and oxygen atoms in total. The largest absolute Gasteiger partial charge is 0.381 e. The molecule has 1 saturated heterocycles. The molecule has 3 N–H and O–H groups in total. The van der Waals surface area contributed by atoms with Crippen LogP contribution < -0.4 is 11.1 Å². The molecule has 1 heterocycles. The van der Waals surface area contributed by atoms with Gasteiger partial charge in [-0.2, -0.15) is 0 Å². The Balaban J connectivity index is 1.89. The second-order valence-corrected chi connectivity index (χ2v) is 7.27. The summed E-state index contributed by atoms with van der Waals surface area (Å²) in [5.74, 6) is 0.912. The summed E-state index contributed by atoms with van der Waals surface area (Å²) < 4.78 is 5.41. The lowest BCUT2D eigenvalue weighted by Gasteiger charge is -2.39. The fourth-order valence-electron chi connectivity index (χ4n) is 3.36. The molecule has 2 rings (SSSR count). The van der Waals surface area contributed by atoms with Gasteiger partial charge in [-0.25, -0.2) is 0 Å². The number of hydrogen-bond donors (Lipinski definition) is 2. The van der Waals surface area contributed by atoms with Crippen molar-refractivity contribution in [3.8, 4) is 0 Å². The molecule has 0 unspecified atom stereocenters. The highest BCUT2D eigenvalue weighted by molar-refractivity contribution is 5.83. The number of amides is 1. The zero-order valence-corrected chi connectivity index (χ0v) is 13.0. The van der Waals surface area contributed by atoms with Gasteiger partial charge in [-0.05, 0) is 49.9 Å². The Morgan fingerprint density at radius 2 is 1.85 bits per heavy atom. The lowest BCUT2D eigenvalue weighted by atomic mass is 9.70. The molecule has 0 aromatic rings. The van der Waals surface area contributed by atoms with Gasteiger partial charge < -0.3 is 15.8 Å². The molecule has 2 fully saturated rings. The molecule has 0 spiro atoms. The van der Waals surface area contributed by atoms with Gasteiger partial charge in [0, 0.05) is 26.3 Å². The van der Waals surface area contributed by atoms with E-state index in [-0.39, 0.29) is 16.7 Å². The maximum atomic E-state index is 12.6. The average Bonchev–Trinajstić information content (AvgIpc) is 2.47. The molecule has 116 valence electrons. The van der Waals surface area contributed by atoms with Crippen LogP contribution in [0.2, 0.25) is 0 Å². The number of carbonyl (C=O) groups excluding carboxylic acids is 1. The molecule has 1 aliphatic heterocycles. The SMILES string of the molecule is CC1CCC(CN)(C(=O)NCC2(C)CCOCC2)CC1. The first-order valence-corrected chi connectivity index (χ1v) is 8.06. The van der Waals surface area contributed by atoms with Crippen LogP contribution in [-0.4, -0.2) is 32.2 Å². The maximum absolute atomic E-state index is 12.6. The summed E-state index contributed by atoms with van der Waals surface area (Å²) in [5, 5.41) is 3.19. The van der Waals surface area contributed by atoms with E-state index in [0.717, 1.165) is 64.2 Å². The Labute approximate surface area is 122 Å². The summed E-state index contributed by atoms with van der Waals surface area (Å²) in [6.45, 7) is 7.37. The van der Waals surface area contributed by atoms with Crippen molar-refractivity contribution < 1.29 is 9.53 Å². The van der Waals surface area contributed by atoms with Crippen LogP contribution in [0.5, 0.6) is 0 Å². The first-order valence-electron chi connectivity index (χ1n) is 8.06. The Morgan fingerprint density at radius 1 is 1.25 bits per heavy atom. The van der Waals surface area contributed by atoms with E-state index in [4.69, 9.17) is 10.5 Å². The molecule has 0 bridgehead atoms. The van der Waals surface area contributed by atoms with Crippen LogP contribution in [0.3, 0.4) is 0 Å². The summed E-state index contributed by atoms with van der Waals surface area (Å²) in [6, 6.07) is 0. The van der Waals surface area contributed by atoms with Crippen molar-refractivity contribution in [3.63, 3.8) is 0 Å². The molecule has 2 aliphatic rings. The first-order chi connectivity index (χ1) is 9.50. The van der Waals surface area contributed by atoms with E-state index in [1.54, 1.807) is 0 Å². The van der Waals surface area contributed by atoms with Gasteiger partial charge in [-0.1, -0.05) is 13.8 Å². The van der Waals surface area contributed by atoms with Gasteiger partial charge in [0.15, 0.2) is 0 Å². The van der Waals surface area contributed by atoms with E-state index in [2.05, 4.69) is 19.2 Å². The lowest BCUT2D eigenvalue weighted by molar-refractivity contribution is -0.133. The molecule has 1 aliphatic carbocycles. The van der Waals surface area contributed by atoms with Gasteiger partial charge in [-0.15, -0.1) is 0 Å². The third-order valence-electron chi connectivity index (χ3n) is 5.48. The minimum atomic E-state index is -0.311. The van der Waals surface area contributed by atoms with E-state index >= 15 is 0 Å². The molecule has 20 heavy (non-hydrogen) atoms. The van der Waals surface area contributed by atoms with E-state index in [1.807, 2.05) is 0 Å². The molecule has 1 amide bonds. The third-order valence-corrected chi connectivity index (χ3v) is 5.48. The predicted molar refractivity (Wildman–Crippen MR) is 80.3 cm³/mol. The number of ether oxygens (including phenoxy) is 1. The second-order valence-electron chi connectivity index (χ2n) is 7.27. The summed E-state index contributed by atoms with van der Waals surface area (Å²) in [7, 11) is 0. The van der Waals surface area contributed by atoms with Crippen molar-refractivity contribution in [1.82, 2.24) is 5.32 Å². The number of nitrogens with one attached hydrogen (secondary N) is 1. The molecular weight excluding hydrogens is 252 g/mol. The van der Waals surface area contributed by atoms with Crippen molar-refractivity contribution in [3.05, 3.63) is 0 Å². The van der Waals surface area contributed by atoms with Crippen LogP contribution in [0.1, 0.15) is 52.4 Å². The minimum absolute atomic E-state index is 0.180. The first kappa shape index (κ1) is 15.8. The van der Waals surface area contributed by atoms with Gasteiger partial charge in [0.25, 0.3) is 0 Å². The summed E-state index contributed by atoms with van der Waals surface area (Å²) in [6.07, 6.45) is 6.18. The molecule has 0 aromatic carbocycles. The zero-order valence-electron chi connectivity index (χ0n) is 13.0. The summed E-state index contributed by atoms with van der Waals surface area (Å²) in [5.41, 5.74) is 5.82.